The van der Waals surface area contributed by atoms with E-state index in [2.05, 4.69) is 24.4 Å². The average molecular weight is 213 g/mol. The Labute approximate surface area is 95.9 Å². The number of anilines is 2. The third-order valence-corrected chi connectivity index (χ3v) is 2.52. The van der Waals surface area contributed by atoms with Crippen LogP contribution < -0.4 is 10.1 Å². The fraction of sp³-hybridized carbons (Fsp3) is 0.143. The summed E-state index contributed by atoms with van der Waals surface area (Å²) in [5.41, 5.74) is 3.31. The summed E-state index contributed by atoms with van der Waals surface area (Å²) in [6, 6.07) is 16.1. The highest BCUT2D eigenvalue weighted by atomic mass is 16.5. The van der Waals surface area contributed by atoms with Gasteiger partial charge in [-0.3, -0.25) is 0 Å². The summed E-state index contributed by atoms with van der Waals surface area (Å²) in [5, 5.41) is 3.37. The van der Waals surface area contributed by atoms with Gasteiger partial charge in [0.25, 0.3) is 0 Å². The first-order chi connectivity index (χ1) is 7.81. The van der Waals surface area contributed by atoms with Gasteiger partial charge in [-0.2, -0.15) is 0 Å². The zero-order chi connectivity index (χ0) is 11.4. The van der Waals surface area contributed by atoms with Crippen molar-refractivity contribution in [2.45, 2.75) is 6.92 Å². The second-order valence-corrected chi connectivity index (χ2v) is 3.64. The standard InChI is InChI=1S/C14H15NO/c1-11-7-3-4-8-12(11)15-13-9-5-6-10-14(13)16-2/h3-10,15H,1-2H3. The van der Waals surface area contributed by atoms with E-state index in [4.69, 9.17) is 4.74 Å². The Morgan fingerprint density at radius 1 is 0.875 bits per heavy atom. The van der Waals surface area contributed by atoms with Gasteiger partial charge in [0.05, 0.1) is 12.8 Å². The fourth-order valence-corrected chi connectivity index (χ4v) is 1.61. The van der Waals surface area contributed by atoms with Gasteiger partial charge in [0, 0.05) is 5.69 Å². The SMILES string of the molecule is COc1ccccc1Nc1ccccc1C. The number of para-hydroxylation sites is 3. The van der Waals surface area contributed by atoms with Crippen LogP contribution in [0.2, 0.25) is 0 Å². The van der Waals surface area contributed by atoms with Crippen molar-refractivity contribution in [1.29, 1.82) is 0 Å². The van der Waals surface area contributed by atoms with E-state index in [1.807, 2.05) is 36.4 Å². The first kappa shape index (κ1) is 10.6. The van der Waals surface area contributed by atoms with E-state index in [-0.39, 0.29) is 0 Å². The van der Waals surface area contributed by atoms with Crippen LogP contribution >= 0.6 is 0 Å². The van der Waals surface area contributed by atoms with E-state index in [1.54, 1.807) is 7.11 Å². The number of benzene rings is 2. The van der Waals surface area contributed by atoms with E-state index < -0.39 is 0 Å². The van der Waals surface area contributed by atoms with Crippen molar-refractivity contribution in [2.24, 2.45) is 0 Å². The van der Waals surface area contributed by atoms with Crippen LogP contribution in [0.1, 0.15) is 5.56 Å². The zero-order valence-corrected chi connectivity index (χ0v) is 9.53. The first-order valence-electron chi connectivity index (χ1n) is 5.27. The maximum absolute atomic E-state index is 5.29. The highest BCUT2D eigenvalue weighted by Gasteiger charge is 2.02. The lowest BCUT2D eigenvalue weighted by atomic mass is 10.2. The van der Waals surface area contributed by atoms with Crippen molar-refractivity contribution in [3.63, 3.8) is 0 Å². The van der Waals surface area contributed by atoms with Crippen LogP contribution in [0, 0.1) is 6.92 Å². The summed E-state index contributed by atoms with van der Waals surface area (Å²) in [6.07, 6.45) is 0. The van der Waals surface area contributed by atoms with Crippen molar-refractivity contribution < 1.29 is 4.74 Å². The summed E-state index contributed by atoms with van der Waals surface area (Å²) in [7, 11) is 1.68. The molecule has 0 saturated carbocycles. The fourth-order valence-electron chi connectivity index (χ4n) is 1.61. The summed E-state index contributed by atoms with van der Waals surface area (Å²) in [6.45, 7) is 2.08. The summed E-state index contributed by atoms with van der Waals surface area (Å²) >= 11 is 0. The Morgan fingerprint density at radius 3 is 2.19 bits per heavy atom. The molecule has 1 N–H and O–H groups in total. The third kappa shape index (κ3) is 2.16. The van der Waals surface area contributed by atoms with Crippen molar-refractivity contribution in [2.75, 3.05) is 12.4 Å². The average Bonchev–Trinajstić information content (AvgIpc) is 2.33. The van der Waals surface area contributed by atoms with Gasteiger partial charge >= 0.3 is 0 Å². The van der Waals surface area contributed by atoms with Crippen LogP contribution in [0.5, 0.6) is 5.75 Å². The van der Waals surface area contributed by atoms with Gasteiger partial charge in [0.1, 0.15) is 5.75 Å². The van der Waals surface area contributed by atoms with Gasteiger partial charge in [0.2, 0.25) is 0 Å². The molecular formula is C14H15NO. The molecule has 82 valence electrons. The predicted octanol–water partition coefficient (Wildman–Crippen LogP) is 3.75. The molecule has 2 rings (SSSR count). The molecule has 0 spiro atoms. The van der Waals surface area contributed by atoms with E-state index in [0.29, 0.717) is 0 Å². The number of nitrogens with one attached hydrogen (secondary N) is 1. The lowest BCUT2D eigenvalue weighted by molar-refractivity contribution is 0.417. The van der Waals surface area contributed by atoms with Crippen LogP contribution in [-0.2, 0) is 0 Å². The molecule has 0 saturated heterocycles. The molecule has 0 aliphatic carbocycles. The van der Waals surface area contributed by atoms with E-state index >= 15 is 0 Å². The maximum Gasteiger partial charge on any atom is 0.142 e. The molecule has 0 aromatic heterocycles. The lowest BCUT2D eigenvalue weighted by Gasteiger charge is -2.12. The molecule has 0 bridgehead atoms. The number of ether oxygens (including phenoxy) is 1. The Kier molecular flexibility index (Phi) is 3.10. The normalized spacial score (nSPS) is 9.88. The zero-order valence-electron chi connectivity index (χ0n) is 9.53. The van der Waals surface area contributed by atoms with Crippen molar-refractivity contribution >= 4 is 11.4 Å². The molecule has 0 amide bonds. The monoisotopic (exact) mass is 213 g/mol. The molecule has 0 aliphatic heterocycles. The Balaban J connectivity index is 2.30. The Hall–Kier alpha value is -1.96. The molecule has 16 heavy (non-hydrogen) atoms. The van der Waals surface area contributed by atoms with E-state index in [9.17, 15) is 0 Å². The molecule has 2 nitrogen and oxygen atoms in total. The molecule has 2 aromatic rings. The minimum absolute atomic E-state index is 0.853. The molecule has 0 aliphatic rings. The largest absolute Gasteiger partial charge is 0.495 e. The predicted molar refractivity (Wildman–Crippen MR) is 67.5 cm³/mol. The maximum atomic E-state index is 5.29. The number of hydrogen-bond donors (Lipinski definition) is 1. The molecule has 0 fully saturated rings. The highest BCUT2D eigenvalue weighted by Crippen LogP contribution is 2.28. The number of rotatable bonds is 3. The molecule has 0 atom stereocenters. The summed E-state index contributed by atoms with van der Waals surface area (Å²) in [4.78, 5) is 0. The van der Waals surface area contributed by atoms with Gasteiger partial charge in [-0.05, 0) is 30.7 Å². The van der Waals surface area contributed by atoms with Crippen molar-refractivity contribution in [3.8, 4) is 5.75 Å². The second-order valence-electron chi connectivity index (χ2n) is 3.64. The highest BCUT2D eigenvalue weighted by molar-refractivity contribution is 5.68. The minimum atomic E-state index is 0.853. The van der Waals surface area contributed by atoms with Gasteiger partial charge < -0.3 is 10.1 Å². The molecular weight excluding hydrogens is 198 g/mol. The molecule has 0 heterocycles. The van der Waals surface area contributed by atoms with Gasteiger partial charge in [-0.25, -0.2) is 0 Å². The second kappa shape index (κ2) is 4.71. The van der Waals surface area contributed by atoms with Crippen LogP contribution in [0.25, 0.3) is 0 Å². The van der Waals surface area contributed by atoms with Gasteiger partial charge in [0.15, 0.2) is 0 Å². The molecule has 0 radical (unpaired) electrons. The van der Waals surface area contributed by atoms with Crippen molar-refractivity contribution in [3.05, 3.63) is 54.1 Å². The topological polar surface area (TPSA) is 21.3 Å². The first-order valence-corrected chi connectivity index (χ1v) is 5.27. The van der Waals surface area contributed by atoms with Crippen LogP contribution in [-0.4, -0.2) is 7.11 Å². The molecule has 2 heteroatoms. The minimum Gasteiger partial charge on any atom is -0.495 e. The third-order valence-electron chi connectivity index (χ3n) is 2.52. The molecule has 2 aromatic carbocycles. The quantitative estimate of drug-likeness (QED) is 0.838. The van der Waals surface area contributed by atoms with Gasteiger partial charge in [-0.15, -0.1) is 0 Å². The van der Waals surface area contributed by atoms with E-state index in [0.717, 1.165) is 17.1 Å². The number of aryl methyl sites for hydroxylation is 1. The van der Waals surface area contributed by atoms with Crippen LogP contribution in [0.3, 0.4) is 0 Å². The molecule has 0 unspecified atom stereocenters. The lowest BCUT2D eigenvalue weighted by Crippen LogP contribution is -1.95. The smallest absolute Gasteiger partial charge is 0.142 e. The Morgan fingerprint density at radius 2 is 1.50 bits per heavy atom. The summed E-state index contributed by atoms with van der Waals surface area (Å²) in [5.74, 6) is 0.853. The van der Waals surface area contributed by atoms with Gasteiger partial charge in [-0.1, -0.05) is 30.3 Å². The number of methoxy groups -OCH3 is 1. The van der Waals surface area contributed by atoms with E-state index in [1.165, 1.54) is 5.56 Å². The van der Waals surface area contributed by atoms with Crippen molar-refractivity contribution in [1.82, 2.24) is 0 Å². The van der Waals surface area contributed by atoms with Crippen LogP contribution in [0.15, 0.2) is 48.5 Å². The summed E-state index contributed by atoms with van der Waals surface area (Å²) < 4.78 is 5.29. The van der Waals surface area contributed by atoms with Crippen LogP contribution in [0.4, 0.5) is 11.4 Å². The Bertz CT molecular complexity index is 480. The number of hydrogen-bond acceptors (Lipinski definition) is 2.